The number of rotatable bonds is 4. The Balaban J connectivity index is 2.30. The van der Waals surface area contributed by atoms with Crippen molar-refractivity contribution in [2.24, 2.45) is 0 Å². The molecule has 0 saturated heterocycles. The highest BCUT2D eigenvalue weighted by molar-refractivity contribution is 5.95. The molecule has 0 atom stereocenters. The molecule has 3 rings (SSSR count). The van der Waals surface area contributed by atoms with Gasteiger partial charge in [0.25, 0.3) is 0 Å². The minimum atomic E-state index is -1.21. The van der Waals surface area contributed by atoms with E-state index in [-0.39, 0.29) is 28.3 Å². The minimum absolute atomic E-state index is 0.113. The van der Waals surface area contributed by atoms with Gasteiger partial charge >= 0.3 is 5.97 Å². The van der Waals surface area contributed by atoms with Crippen LogP contribution in [0.1, 0.15) is 30.1 Å². The Labute approximate surface area is 130 Å². The second-order valence-corrected chi connectivity index (χ2v) is 5.36. The molecule has 1 aliphatic rings. The first-order valence-corrected chi connectivity index (χ1v) is 7.28. The molecule has 1 fully saturated rings. The highest BCUT2D eigenvalue weighted by Gasteiger charge is 2.29. The van der Waals surface area contributed by atoms with E-state index in [0.717, 1.165) is 18.9 Å². The molecule has 0 bridgehead atoms. The van der Waals surface area contributed by atoms with Crippen molar-refractivity contribution in [3.8, 4) is 5.75 Å². The summed E-state index contributed by atoms with van der Waals surface area (Å²) in [6.07, 6.45) is 2.69. The zero-order valence-electron chi connectivity index (χ0n) is 12.7. The van der Waals surface area contributed by atoms with Crippen molar-refractivity contribution in [2.75, 3.05) is 7.11 Å². The van der Waals surface area contributed by atoms with Crippen LogP contribution in [0.4, 0.5) is 8.78 Å². The predicted octanol–water partition coefficient (Wildman–Crippen LogP) is 2.63. The smallest absolute Gasteiger partial charge is 0.343 e. The predicted molar refractivity (Wildman–Crippen MR) is 78.8 cm³/mol. The molecule has 1 heterocycles. The van der Waals surface area contributed by atoms with E-state index in [9.17, 15) is 18.4 Å². The molecule has 23 heavy (non-hydrogen) atoms. The molecule has 1 aromatic carbocycles. The van der Waals surface area contributed by atoms with Crippen LogP contribution in [0, 0.1) is 11.6 Å². The lowest BCUT2D eigenvalue weighted by Crippen LogP contribution is -2.22. The first kappa shape index (κ1) is 15.5. The molecule has 7 heteroatoms. The third-order valence-electron chi connectivity index (χ3n) is 3.77. The minimum Gasteiger partial charge on any atom is -0.491 e. The van der Waals surface area contributed by atoms with Crippen molar-refractivity contribution >= 4 is 16.9 Å². The van der Waals surface area contributed by atoms with Gasteiger partial charge in [0.2, 0.25) is 11.2 Å². The van der Waals surface area contributed by atoms with E-state index in [0.29, 0.717) is 6.54 Å². The number of pyridine rings is 1. The van der Waals surface area contributed by atoms with Gasteiger partial charge in [-0.25, -0.2) is 9.18 Å². The van der Waals surface area contributed by atoms with Crippen LogP contribution in [0.15, 0.2) is 17.1 Å². The Bertz CT molecular complexity index is 856. The maximum Gasteiger partial charge on any atom is 0.343 e. The van der Waals surface area contributed by atoms with Gasteiger partial charge in [0.1, 0.15) is 11.7 Å². The third-order valence-corrected chi connectivity index (χ3v) is 3.77. The summed E-state index contributed by atoms with van der Waals surface area (Å²) in [5.74, 6) is -3.48. The Morgan fingerprint density at radius 3 is 2.65 bits per heavy atom. The van der Waals surface area contributed by atoms with Crippen molar-refractivity contribution in [3.63, 3.8) is 0 Å². The Morgan fingerprint density at radius 1 is 1.39 bits per heavy atom. The monoisotopic (exact) mass is 323 g/mol. The molecule has 0 N–H and O–H groups in total. The van der Waals surface area contributed by atoms with Gasteiger partial charge in [-0.05, 0) is 25.8 Å². The van der Waals surface area contributed by atoms with Gasteiger partial charge < -0.3 is 14.0 Å². The fourth-order valence-electron chi connectivity index (χ4n) is 2.46. The summed E-state index contributed by atoms with van der Waals surface area (Å²) in [5, 5.41) is -0.118. The molecule has 1 aliphatic carbocycles. The summed E-state index contributed by atoms with van der Waals surface area (Å²) < 4.78 is 39.2. The van der Waals surface area contributed by atoms with Gasteiger partial charge in [-0.1, -0.05) is 0 Å². The summed E-state index contributed by atoms with van der Waals surface area (Å²) in [6.45, 7) is 2.09. The fraction of sp³-hybridized carbons (Fsp3) is 0.375. The Morgan fingerprint density at radius 2 is 2.09 bits per heavy atom. The molecular weight excluding hydrogens is 308 g/mol. The number of fused-ring (bicyclic) bond motifs is 1. The number of aromatic nitrogens is 1. The highest BCUT2D eigenvalue weighted by Crippen LogP contribution is 2.30. The number of halogens is 2. The number of carbonyl (C=O) groups is 1. The quantitative estimate of drug-likeness (QED) is 0.812. The van der Waals surface area contributed by atoms with Crippen LogP contribution in [-0.2, 0) is 11.3 Å². The molecule has 1 saturated carbocycles. The summed E-state index contributed by atoms with van der Waals surface area (Å²) in [4.78, 5) is 24.6. The number of hydrogen-bond donors (Lipinski definition) is 0. The highest BCUT2D eigenvalue weighted by atomic mass is 19.2. The summed E-state index contributed by atoms with van der Waals surface area (Å²) in [7, 11) is 1.19. The van der Waals surface area contributed by atoms with Gasteiger partial charge in [0, 0.05) is 12.7 Å². The summed E-state index contributed by atoms with van der Waals surface area (Å²) >= 11 is 0. The first-order valence-electron chi connectivity index (χ1n) is 7.28. The van der Waals surface area contributed by atoms with Crippen molar-refractivity contribution in [1.29, 1.82) is 0 Å². The average molecular weight is 323 g/mol. The molecule has 0 amide bonds. The normalized spacial score (nSPS) is 14.1. The Hall–Kier alpha value is -2.44. The van der Waals surface area contributed by atoms with E-state index in [2.05, 4.69) is 0 Å². The Kier molecular flexibility index (Phi) is 3.79. The lowest BCUT2D eigenvalue weighted by Gasteiger charge is -2.15. The molecular formula is C16H15F2NO4. The van der Waals surface area contributed by atoms with Crippen molar-refractivity contribution in [2.45, 2.75) is 32.4 Å². The molecule has 0 unspecified atom stereocenters. The molecule has 0 radical (unpaired) electrons. The zero-order chi connectivity index (χ0) is 16.7. The lowest BCUT2D eigenvalue weighted by atomic mass is 10.1. The first-order chi connectivity index (χ1) is 11.0. The van der Waals surface area contributed by atoms with Crippen LogP contribution in [0.25, 0.3) is 10.9 Å². The van der Waals surface area contributed by atoms with E-state index in [1.165, 1.54) is 17.9 Å². The number of nitrogens with zero attached hydrogens (tertiary/aromatic N) is 1. The van der Waals surface area contributed by atoms with Gasteiger partial charge in [-0.15, -0.1) is 0 Å². The van der Waals surface area contributed by atoms with Gasteiger partial charge in [-0.2, -0.15) is 4.39 Å². The molecule has 122 valence electrons. The third kappa shape index (κ3) is 2.56. The fourth-order valence-corrected chi connectivity index (χ4v) is 2.46. The van der Waals surface area contributed by atoms with Gasteiger partial charge in [0.05, 0.1) is 18.0 Å². The second kappa shape index (κ2) is 5.64. The van der Waals surface area contributed by atoms with Crippen molar-refractivity contribution in [3.05, 3.63) is 39.7 Å². The van der Waals surface area contributed by atoms with Crippen LogP contribution in [0.3, 0.4) is 0 Å². The SMILES string of the molecule is CCn1cc(C(=O)OC2CC2)c(=O)c2cc(F)c(F)c(OC)c21. The van der Waals surface area contributed by atoms with Gasteiger partial charge in [-0.3, -0.25) is 4.79 Å². The van der Waals surface area contributed by atoms with Crippen LogP contribution in [0.5, 0.6) is 5.75 Å². The standard InChI is InChI=1S/C16H15F2NO4/c1-3-19-7-10(16(21)23-8-4-5-8)14(20)9-6-11(17)12(18)15(22-2)13(9)19/h6-8H,3-5H2,1-2H3. The zero-order valence-corrected chi connectivity index (χ0v) is 12.7. The van der Waals surface area contributed by atoms with Crippen molar-refractivity contribution < 1.29 is 23.0 Å². The van der Waals surface area contributed by atoms with E-state index in [1.807, 2.05) is 0 Å². The molecule has 2 aromatic rings. The molecule has 1 aromatic heterocycles. The lowest BCUT2D eigenvalue weighted by molar-refractivity contribution is 0.0470. The van der Waals surface area contributed by atoms with Crippen LogP contribution in [0.2, 0.25) is 0 Å². The van der Waals surface area contributed by atoms with Crippen LogP contribution in [-0.4, -0.2) is 23.8 Å². The molecule has 5 nitrogen and oxygen atoms in total. The van der Waals surface area contributed by atoms with E-state index >= 15 is 0 Å². The number of benzene rings is 1. The maximum atomic E-state index is 13.9. The van der Waals surface area contributed by atoms with E-state index in [4.69, 9.17) is 9.47 Å². The molecule has 0 spiro atoms. The number of hydrogen-bond acceptors (Lipinski definition) is 4. The summed E-state index contributed by atoms with van der Waals surface area (Å²) in [6, 6.07) is 0.787. The number of carbonyl (C=O) groups excluding carboxylic acids is 1. The number of ether oxygens (including phenoxy) is 2. The number of methoxy groups -OCH3 is 1. The van der Waals surface area contributed by atoms with Crippen LogP contribution >= 0.6 is 0 Å². The maximum absolute atomic E-state index is 13.9. The van der Waals surface area contributed by atoms with E-state index < -0.39 is 23.0 Å². The topological polar surface area (TPSA) is 57.5 Å². The largest absolute Gasteiger partial charge is 0.491 e. The summed E-state index contributed by atoms with van der Waals surface area (Å²) in [5.41, 5.74) is -0.784. The molecule has 0 aliphatic heterocycles. The number of esters is 1. The average Bonchev–Trinajstić information content (AvgIpc) is 3.33. The second-order valence-electron chi connectivity index (χ2n) is 5.36. The van der Waals surface area contributed by atoms with E-state index in [1.54, 1.807) is 6.92 Å². The van der Waals surface area contributed by atoms with Crippen molar-refractivity contribution in [1.82, 2.24) is 4.57 Å². The van der Waals surface area contributed by atoms with Gasteiger partial charge in [0.15, 0.2) is 11.6 Å². The number of aryl methyl sites for hydroxylation is 1. The van der Waals surface area contributed by atoms with Crippen LogP contribution < -0.4 is 10.2 Å².